The van der Waals surface area contributed by atoms with Gasteiger partial charge in [-0.3, -0.25) is 9.59 Å². The number of Topliss-reactive ketones (excluding diaryl/α,β-unsaturated/α-hetero) is 1. The monoisotopic (exact) mass is 904 g/mol. The number of carbonyl (C=O) groups excluding carboxylic acids is 2. The normalized spacial score (nSPS) is 27.6. The van der Waals surface area contributed by atoms with Crippen LogP contribution in [0.1, 0.15) is 103 Å². The topological polar surface area (TPSA) is 214 Å². The summed E-state index contributed by atoms with van der Waals surface area (Å²) in [7, 11) is 0. The molecule has 12 heteroatoms. The second kappa shape index (κ2) is 13.8. The van der Waals surface area contributed by atoms with Gasteiger partial charge in [0.2, 0.25) is 0 Å². The third-order valence-corrected chi connectivity index (χ3v) is 15.6. The van der Waals surface area contributed by atoms with E-state index < -0.39 is 64.8 Å². The minimum atomic E-state index is -1.64. The first kappa shape index (κ1) is 39.9. The van der Waals surface area contributed by atoms with Gasteiger partial charge in [-0.15, -0.1) is 0 Å². The van der Waals surface area contributed by atoms with Gasteiger partial charge in [0.1, 0.15) is 69.7 Å². The first-order valence-electron chi connectivity index (χ1n) is 22.4. The molecular weight excluding hydrogens is 865 g/mol. The van der Waals surface area contributed by atoms with Crippen LogP contribution in [0.15, 0.2) is 145 Å². The van der Waals surface area contributed by atoms with Crippen molar-refractivity contribution < 1.29 is 59.9 Å². The second-order valence-corrected chi connectivity index (χ2v) is 18.9. The van der Waals surface area contributed by atoms with E-state index in [1.807, 2.05) is 0 Å². The molecule has 2 heterocycles. The van der Waals surface area contributed by atoms with Crippen LogP contribution in [0.3, 0.4) is 0 Å². The Hall–Kier alpha value is -8.38. The highest BCUT2D eigenvalue weighted by atomic mass is 16.5. The summed E-state index contributed by atoms with van der Waals surface area (Å²) in [6, 6.07) is 35.0. The van der Waals surface area contributed by atoms with Gasteiger partial charge >= 0.3 is 0 Å². The molecule has 68 heavy (non-hydrogen) atoms. The molecule has 1 saturated carbocycles. The van der Waals surface area contributed by atoms with Crippen LogP contribution in [0.2, 0.25) is 0 Å². The molecule has 0 saturated heterocycles. The lowest BCUT2D eigenvalue weighted by atomic mass is 9.48. The van der Waals surface area contributed by atoms with E-state index in [1.54, 1.807) is 72.8 Å². The van der Waals surface area contributed by atoms with Crippen LogP contribution in [0.4, 0.5) is 0 Å². The standard InChI is InChI=1S/C56H40O12/c57-29-9-1-24(2-10-29)42-48-38(64)22-37-46-44-36(20-35(63)21-40(44)67-54(46)27-7-15-32(60)16-8-27)45-47-39(65)23-41-49(50(47)52(42)56(37,55(48)66)51(45)25-3-11-30(58)12-4-25)43(28-17-33(61)19-34(62)18-28)53(68-41)26-5-13-31(59)14-6-26/h1-23,42-43,45-46,48,51-54,57-63,65H/t42-,43-,45-,46+,48+,51+,52-,53+,54+,56+/m0/s1. The number of phenolic OH excluding ortho intramolecular Hbond substituents is 8. The quantitative estimate of drug-likeness (QED) is 0.0759. The Labute approximate surface area is 387 Å². The molecule has 0 aromatic heterocycles. The summed E-state index contributed by atoms with van der Waals surface area (Å²) in [5.41, 5.74) is 4.33. The highest BCUT2D eigenvalue weighted by Gasteiger charge is 2.76. The number of rotatable bonds is 5. The van der Waals surface area contributed by atoms with Crippen molar-refractivity contribution in [2.24, 2.45) is 11.3 Å². The predicted octanol–water partition coefficient (Wildman–Crippen LogP) is 9.32. The SMILES string of the molecule is O=C1C=C2[C@@H]3c4c(cc(O)cc4[C@H]4c5c(O)cc6c(c5[C@@H]5[C@@H](c7ccc(O)cc7)[C@@H]1C(=O)[C@@]25[C@@H]4c1ccc(O)cc1)[C@H](c1cc(O)cc(O)c1)[C@@H](c1ccc(O)cc1)O6)O[C@@H]3c1ccc(O)cc1. The molecule has 0 radical (unpaired) electrons. The fraction of sp³-hybridized carbons (Fsp3) is 0.179. The lowest BCUT2D eigenvalue weighted by molar-refractivity contribution is -0.135. The summed E-state index contributed by atoms with van der Waals surface area (Å²) in [5, 5.41) is 89.3. The molecule has 2 aliphatic heterocycles. The van der Waals surface area contributed by atoms with Crippen LogP contribution in [0, 0.1) is 11.3 Å². The van der Waals surface area contributed by atoms with Crippen LogP contribution in [0.25, 0.3) is 0 Å². The molecule has 8 N–H and O–H groups in total. The number of allylic oxidation sites excluding steroid dienone is 1. The van der Waals surface area contributed by atoms with Crippen molar-refractivity contribution in [1.82, 2.24) is 0 Å². The highest BCUT2D eigenvalue weighted by Crippen LogP contribution is 2.80. The van der Waals surface area contributed by atoms with Crippen LogP contribution in [-0.2, 0) is 9.59 Å². The summed E-state index contributed by atoms with van der Waals surface area (Å²) >= 11 is 0. The number of fused-ring (bicyclic) bond motifs is 9. The maximum Gasteiger partial charge on any atom is 0.166 e. The molecule has 336 valence electrons. The molecule has 13 rings (SSSR count). The molecule has 12 nitrogen and oxygen atoms in total. The van der Waals surface area contributed by atoms with Gasteiger partial charge in [-0.05, 0) is 117 Å². The van der Waals surface area contributed by atoms with Gasteiger partial charge in [-0.1, -0.05) is 48.5 Å². The van der Waals surface area contributed by atoms with Crippen molar-refractivity contribution in [3.05, 3.63) is 201 Å². The average molecular weight is 905 g/mol. The van der Waals surface area contributed by atoms with Crippen molar-refractivity contribution in [2.45, 2.75) is 47.7 Å². The zero-order chi connectivity index (χ0) is 46.7. The van der Waals surface area contributed by atoms with Gasteiger partial charge in [0.05, 0.1) is 23.2 Å². The van der Waals surface area contributed by atoms with Crippen molar-refractivity contribution in [2.75, 3.05) is 0 Å². The van der Waals surface area contributed by atoms with Crippen LogP contribution in [0.5, 0.6) is 57.5 Å². The first-order chi connectivity index (χ1) is 32.8. The van der Waals surface area contributed by atoms with Gasteiger partial charge in [0.15, 0.2) is 11.6 Å². The lowest BCUT2D eigenvalue weighted by Crippen LogP contribution is -2.49. The summed E-state index contributed by atoms with van der Waals surface area (Å²) in [5.74, 6) is -7.69. The second-order valence-electron chi connectivity index (χ2n) is 18.9. The highest BCUT2D eigenvalue weighted by molar-refractivity contribution is 6.18. The van der Waals surface area contributed by atoms with Crippen molar-refractivity contribution in [3.8, 4) is 57.5 Å². The Bertz CT molecular complexity index is 3340. The van der Waals surface area contributed by atoms with E-state index in [0.717, 1.165) is 0 Å². The maximum absolute atomic E-state index is 16.7. The zero-order valence-corrected chi connectivity index (χ0v) is 35.7. The third-order valence-electron chi connectivity index (χ3n) is 15.6. The lowest BCUT2D eigenvalue weighted by Gasteiger charge is -2.52. The summed E-state index contributed by atoms with van der Waals surface area (Å²) in [6.07, 6.45) is -0.143. The largest absolute Gasteiger partial charge is 0.508 e. The van der Waals surface area contributed by atoms with Gasteiger partial charge < -0.3 is 50.3 Å². The fourth-order valence-corrected chi connectivity index (χ4v) is 13.4. The molecule has 7 aromatic carbocycles. The van der Waals surface area contributed by atoms with Crippen molar-refractivity contribution >= 4 is 11.6 Å². The molecule has 1 spiro atoms. The third kappa shape index (κ3) is 5.25. The summed E-state index contributed by atoms with van der Waals surface area (Å²) in [4.78, 5) is 32.0. The molecule has 1 fully saturated rings. The Morgan fingerprint density at radius 1 is 0.397 bits per heavy atom. The molecule has 3 bridgehead atoms. The van der Waals surface area contributed by atoms with Crippen LogP contribution in [-0.4, -0.2) is 52.4 Å². The number of phenols is 8. The van der Waals surface area contributed by atoms with Gasteiger partial charge in [0.25, 0.3) is 0 Å². The van der Waals surface area contributed by atoms with Crippen molar-refractivity contribution in [1.29, 1.82) is 0 Å². The molecule has 7 aromatic rings. The van der Waals surface area contributed by atoms with Crippen LogP contribution < -0.4 is 9.47 Å². The van der Waals surface area contributed by atoms with Gasteiger partial charge in [-0.2, -0.15) is 0 Å². The van der Waals surface area contributed by atoms with E-state index in [2.05, 4.69) is 0 Å². The van der Waals surface area contributed by atoms with E-state index in [0.29, 0.717) is 67.0 Å². The van der Waals surface area contributed by atoms with E-state index in [9.17, 15) is 40.9 Å². The number of hydrogen-bond acceptors (Lipinski definition) is 12. The number of ketones is 2. The maximum atomic E-state index is 16.7. The van der Waals surface area contributed by atoms with Crippen LogP contribution >= 0.6 is 0 Å². The molecule has 0 amide bonds. The Morgan fingerprint density at radius 3 is 1.47 bits per heavy atom. The minimum absolute atomic E-state index is 0.0126. The minimum Gasteiger partial charge on any atom is -0.508 e. The van der Waals surface area contributed by atoms with Crippen molar-refractivity contribution in [3.63, 3.8) is 0 Å². The van der Waals surface area contributed by atoms with E-state index >= 15 is 9.59 Å². The number of ether oxygens (including phenoxy) is 2. The molecular formula is C56H40O12. The molecule has 4 aliphatic carbocycles. The van der Waals surface area contributed by atoms with Gasteiger partial charge in [-0.25, -0.2) is 0 Å². The Morgan fingerprint density at radius 2 is 0.897 bits per heavy atom. The predicted molar refractivity (Wildman–Crippen MR) is 244 cm³/mol. The van der Waals surface area contributed by atoms with E-state index in [4.69, 9.17) is 9.47 Å². The van der Waals surface area contributed by atoms with Gasteiger partial charge in [0, 0.05) is 58.6 Å². The fourth-order valence-electron chi connectivity index (χ4n) is 13.4. The Balaban J connectivity index is 1.21. The number of hydrogen-bond donors (Lipinski definition) is 8. The van der Waals surface area contributed by atoms with E-state index in [1.165, 1.54) is 66.7 Å². The zero-order valence-electron chi connectivity index (χ0n) is 35.7. The Kier molecular flexibility index (Phi) is 8.12. The number of aromatic hydroxyl groups is 8. The molecule has 10 atom stereocenters. The number of carbonyl (C=O) groups is 2. The first-order valence-corrected chi connectivity index (χ1v) is 22.4. The smallest absolute Gasteiger partial charge is 0.166 e. The molecule has 0 unspecified atom stereocenters. The van der Waals surface area contributed by atoms with E-state index in [-0.39, 0.29) is 57.5 Å². The molecule has 6 aliphatic rings. The average Bonchev–Trinajstić information content (AvgIpc) is 3.92. The summed E-state index contributed by atoms with van der Waals surface area (Å²) < 4.78 is 13.8. The summed E-state index contributed by atoms with van der Waals surface area (Å²) in [6.45, 7) is 0. The number of benzene rings is 7.